The van der Waals surface area contributed by atoms with Crippen molar-refractivity contribution in [3.05, 3.63) is 28.7 Å². The van der Waals surface area contributed by atoms with Crippen LogP contribution in [0.25, 0.3) is 10.7 Å². The van der Waals surface area contributed by atoms with Crippen molar-refractivity contribution in [3.8, 4) is 10.7 Å². The summed E-state index contributed by atoms with van der Waals surface area (Å²) >= 11 is 1.57. The molecule has 1 fully saturated rings. The highest BCUT2D eigenvalue weighted by atomic mass is 32.2. The molecular weight excluding hydrogens is 320 g/mol. The first-order chi connectivity index (χ1) is 10.3. The predicted octanol–water partition coefficient (Wildman–Crippen LogP) is 2.31. The van der Waals surface area contributed by atoms with Crippen LogP contribution in [0.1, 0.15) is 35.3 Å². The van der Waals surface area contributed by atoms with Crippen LogP contribution in [0.15, 0.2) is 12.3 Å². The first kappa shape index (κ1) is 15.5. The van der Waals surface area contributed by atoms with E-state index < -0.39 is 10.0 Å². The van der Waals surface area contributed by atoms with Gasteiger partial charge in [0, 0.05) is 23.3 Å². The van der Waals surface area contributed by atoms with Crippen molar-refractivity contribution in [2.45, 2.75) is 32.7 Å². The lowest BCUT2D eigenvalue weighted by Gasteiger charge is -2.21. The third kappa shape index (κ3) is 3.04. The third-order valence-electron chi connectivity index (χ3n) is 3.64. The van der Waals surface area contributed by atoms with Gasteiger partial charge in [-0.1, -0.05) is 0 Å². The Balaban J connectivity index is 2.03. The van der Waals surface area contributed by atoms with Crippen LogP contribution in [0, 0.1) is 13.8 Å². The molecule has 1 aliphatic heterocycles. The summed E-state index contributed by atoms with van der Waals surface area (Å²) in [6.07, 6.45) is 4.65. The fourth-order valence-corrected chi connectivity index (χ4v) is 4.57. The van der Waals surface area contributed by atoms with Crippen LogP contribution in [-0.4, -0.2) is 40.5 Å². The summed E-state index contributed by atoms with van der Waals surface area (Å²) in [7, 11) is -3.25. The molecule has 0 radical (unpaired) electrons. The molecule has 6 nitrogen and oxygen atoms in total. The van der Waals surface area contributed by atoms with E-state index in [-0.39, 0.29) is 6.04 Å². The van der Waals surface area contributed by atoms with Crippen molar-refractivity contribution in [2.75, 3.05) is 12.8 Å². The van der Waals surface area contributed by atoms with Gasteiger partial charge in [-0.3, -0.25) is 0 Å². The summed E-state index contributed by atoms with van der Waals surface area (Å²) in [5.74, 6) is 0.575. The number of hydrogen-bond donors (Lipinski definition) is 0. The lowest BCUT2D eigenvalue weighted by molar-refractivity contribution is 0.386. The van der Waals surface area contributed by atoms with Gasteiger partial charge >= 0.3 is 0 Å². The van der Waals surface area contributed by atoms with Crippen LogP contribution in [0.2, 0.25) is 0 Å². The minimum Gasteiger partial charge on any atom is -0.243 e. The van der Waals surface area contributed by atoms with E-state index in [4.69, 9.17) is 0 Å². The minimum absolute atomic E-state index is 0.269. The van der Waals surface area contributed by atoms with Gasteiger partial charge in [-0.25, -0.2) is 23.4 Å². The van der Waals surface area contributed by atoms with E-state index in [0.29, 0.717) is 12.4 Å². The summed E-state index contributed by atoms with van der Waals surface area (Å²) in [6, 6.07) is 1.62. The largest absolute Gasteiger partial charge is 0.243 e. The fraction of sp³-hybridized carbons (Fsp3) is 0.500. The zero-order chi connectivity index (χ0) is 15.9. The summed E-state index contributed by atoms with van der Waals surface area (Å²) in [4.78, 5) is 14.5. The van der Waals surface area contributed by atoms with Crippen LogP contribution in [0.3, 0.4) is 0 Å². The molecule has 0 bridgehead atoms. The molecule has 0 saturated carbocycles. The van der Waals surface area contributed by atoms with Crippen molar-refractivity contribution in [2.24, 2.45) is 0 Å². The van der Waals surface area contributed by atoms with E-state index in [0.717, 1.165) is 34.1 Å². The molecule has 1 saturated heterocycles. The Kier molecular flexibility index (Phi) is 4.00. The van der Waals surface area contributed by atoms with Crippen molar-refractivity contribution in [1.29, 1.82) is 0 Å². The molecule has 0 aliphatic carbocycles. The Morgan fingerprint density at radius 2 is 2.09 bits per heavy atom. The second-order valence-electron chi connectivity index (χ2n) is 5.56. The van der Waals surface area contributed by atoms with Crippen molar-refractivity contribution < 1.29 is 8.42 Å². The maximum Gasteiger partial charge on any atom is 0.211 e. The second-order valence-corrected chi connectivity index (χ2v) is 8.73. The molecule has 118 valence electrons. The molecule has 3 rings (SSSR count). The maximum absolute atomic E-state index is 11.9. The van der Waals surface area contributed by atoms with E-state index in [2.05, 4.69) is 15.0 Å². The van der Waals surface area contributed by atoms with Gasteiger partial charge in [-0.15, -0.1) is 11.3 Å². The first-order valence-corrected chi connectivity index (χ1v) is 9.76. The Morgan fingerprint density at radius 1 is 1.32 bits per heavy atom. The number of nitrogens with zero attached hydrogens (tertiary/aromatic N) is 4. The van der Waals surface area contributed by atoms with Gasteiger partial charge in [0.2, 0.25) is 10.0 Å². The monoisotopic (exact) mass is 338 g/mol. The summed E-state index contributed by atoms with van der Waals surface area (Å²) in [6.45, 7) is 4.43. The van der Waals surface area contributed by atoms with Crippen molar-refractivity contribution >= 4 is 21.4 Å². The normalized spacial score (nSPS) is 19.7. The van der Waals surface area contributed by atoms with Crippen LogP contribution < -0.4 is 0 Å². The van der Waals surface area contributed by atoms with E-state index in [1.807, 2.05) is 26.1 Å². The molecule has 0 amide bonds. The predicted molar refractivity (Wildman–Crippen MR) is 86.1 cm³/mol. The van der Waals surface area contributed by atoms with E-state index in [9.17, 15) is 8.42 Å². The topological polar surface area (TPSA) is 76.1 Å². The SMILES string of the molecule is Cc1cc(-c2ncc(C)s2)nc([C@H]2CCCN2S(C)(=O)=O)n1. The van der Waals surface area contributed by atoms with Gasteiger partial charge in [0.15, 0.2) is 0 Å². The van der Waals surface area contributed by atoms with Crippen molar-refractivity contribution in [3.63, 3.8) is 0 Å². The van der Waals surface area contributed by atoms with Gasteiger partial charge in [-0.2, -0.15) is 4.31 Å². The summed E-state index contributed by atoms with van der Waals surface area (Å²) < 4.78 is 25.3. The number of aryl methyl sites for hydroxylation is 2. The number of thiazole rings is 1. The Hall–Kier alpha value is -1.38. The number of aromatic nitrogens is 3. The summed E-state index contributed by atoms with van der Waals surface area (Å²) in [5, 5.41) is 0.841. The minimum atomic E-state index is -3.25. The smallest absolute Gasteiger partial charge is 0.211 e. The molecule has 0 spiro atoms. The van der Waals surface area contributed by atoms with Crippen molar-refractivity contribution in [1.82, 2.24) is 19.3 Å². The molecule has 8 heteroatoms. The molecule has 22 heavy (non-hydrogen) atoms. The quantitative estimate of drug-likeness (QED) is 0.858. The molecule has 0 aromatic carbocycles. The Morgan fingerprint density at radius 3 is 2.73 bits per heavy atom. The van der Waals surface area contributed by atoms with Crippen LogP contribution >= 0.6 is 11.3 Å². The zero-order valence-corrected chi connectivity index (χ0v) is 14.4. The average molecular weight is 338 g/mol. The highest BCUT2D eigenvalue weighted by Gasteiger charge is 2.34. The highest BCUT2D eigenvalue weighted by molar-refractivity contribution is 7.88. The van der Waals surface area contributed by atoms with Crippen LogP contribution in [0.5, 0.6) is 0 Å². The standard InChI is InChI=1S/C14H18N4O2S2/c1-9-7-11(14-15-8-10(2)21-14)17-13(16-9)12-5-4-6-18(12)22(3,19)20/h7-8,12H,4-6H2,1-3H3/t12-/m1/s1. The van der Waals surface area contributed by atoms with Crippen LogP contribution in [0.4, 0.5) is 0 Å². The molecule has 3 heterocycles. The lowest BCUT2D eigenvalue weighted by atomic mass is 10.2. The van der Waals surface area contributed by atoms with Gasteiger partial charge in [0.25, 0.3) is 0 Å². The van der Waals surface area contributed by atoms with Gasteiger partial charge in [0.1, 0.15) is 16.5 Å². The van der Waals surface area contributed by atoms with Gasteiger partial charge in [-0.05, 0) is 32.8 Å². The average Bonchev–Trinajstić information content (AvgIpc) is 3.05. The number of rotatable bonds is 3. The van der Waals surface area contributed by atoms with Gasteiger partial charge in [0.05, 0.1) is 12.3 Å². The zero-order valence-electron chi connectivity index (χ0n) is 12.8. The molecule has 2 aromatic rings. The third-order valence-corrected chi connectivity index (χ3v) is 5.86. The lowest BCUT2D eigenvalue weighted by Crippen LogP contribution is -2.30. The Bertz CT molecular complexity index is 801. The highest BCUT2D eigenvalue weighted by Crippen LogP contribution is 2.33. The van der Waals surface area contributed by atoms with E-state index >= 15 is 0 Å². The number of sulfonamides is 1. The molecule has 0 N–H and O–H groups in total. The van der Waals surface area contributed by atoms with E-state index in [1.54, 1.807) is 11.3 Å². The molecular formula is C14H18N4O2S2. The molecule has 0 unspecified atom stereocenters. The molecule has 1 aliphatic rings. The second kappa shape index (κ2) is 5.68. The number of hydrogen-bond acceptors (Lipinski definition) is 6. The maximum atomic E-state index is 11.9. The first-order valence-electron chi connectivity index (χ1n) is 7.10. The Labute approximate surface area is 134 Å². The fourth-order valence-electron chi connectivity index (χ4n) is 2.72. The van der Waals surface area contributed by atoms with Gasteiger partial charge < -0.3 is 0 Å². The van der Waals surface area contributed by atoms with Crippen LogP contribution in [-0.2, 0) is 10.0 Å². The van der Waals surface area contributed by atoms with E-state index in [1.165, 1.54) is 10.6 Å². The molecule has 2 aromatic heterocycles. The molecule has 1 atom stereocenters. The summed E-state index contributed by atoms with van der Waals surface area (Å²) in [5.41, 5.74) is 1.59.